The first-order valence-corrected chi connectivity index (χ1v) is 20.3. The van der Waals surface area contributed by atoms with E-state index in [0.717, 1.165) is 83.4 Å². The van der Waals surface area contributed by atoms with E-state index in [9.17, 15) is 0 Å². The summed E-state index contributed by atoms with van der Waals surface area (Å²) < 4.78 is 13.3. The van der Waals surface area contributed by atoms with E-state index in [1.807, 2.05) is 36.4 Å². The van der Waals surface area contributed by atoms with Crippen LogP contribution in [0.2, 0.25) is 0 Å². The molecular weight excluding hydrogens is 725 g/mol. The normalized spacial score (nSPS) is 18.2. The van der Waals surface area contributed by atoms with E-state index in [1.54, 1.807) is 0 Å². The first-order valence-electron chi connectivity index (χ1n) is 20.3. The number of para-hydroxylation sites is 2. The Balaban J connectivity index is 1.07. The summed E-state index contributed by atoms with van der Waals surface area (Å²) in [5, 5.41) is 6.29. The van der Waals surface area contributed by atoms with Crippen LogP contribution in [-0.2, 0) is 6.42 Å². The Bertz CT molecular complexity index is 3480. The summed E-state index contributed by atoms with van der Waals surface area (Å²) in [5.41, 5.74) is 11.0. The topological polar surface area (TPSA) is 68.2 Å². The van der Waals surface area contributed by atoms with Crippen molar-refractivity contribution in [3.63, 3.8) is 0 Å². The zero-order valence-electron chi connectivity index (χ0n) is 31.8. The summed E-state index contributed by atoms with van der Waals surface area (Å²) in [7, 11) is 0. The SMILES string of the molecule is C1=CC2C3Cc4ccccc4C=C3N(c3ccc(-c4nc(-c5ccc6ccccc6c5)nc(-c5cccc6oc7ccccc7c56)n4)c4c3oc3ccccc34)C2C=C1. The predicted octanol–water partition coefficient (Wildman–Crippen LogP) is 13.0. The van der Waals surface area contributed by atoms with Crippen molar-refractivity contribution in [1.82, 2.24) is 15.0 Å². The molecule has 13 rings (SSSR count). The van der Waals surface area contributed by atoms with Crippen molar-refractivity contribution >= 4 is 66.4 Å². The highest BCUT2D eigenvalue weighted by atomic mass is 16.3. The molecule has 1 fully saturated rings. The van der Waals surface area contributed by atoms with Crippen LogP contribution in [0, 0.1) is 11.8 Å². The molecule has 59 heavy (non-hydrogen) atoms. The van der Waals surface area contributed by atoms with E-state index < -0.39 is 0 Å². The lowest BCUT2D eigenvalue weighted by molar-refractivity contribution is 0.485. The van der Waals surface area contributed by atoms with Crippen LogP contribution in [0.25, 0.3) is 94.9 Å². The second-order valence-corrected chi connectivity index (χ2v) is 15.9. The predicted molar refractivity (Wildman–Crippen MR) is 238 cm³/mol. The molecule has 1 aliphatic heterocycles. The highest BCUT2D eigenvalue weighted by Crippen LogP contribution is 2.52. The molecule has 2 aliphatic carbocycles. The molecule has 0 radical (unpaired) electrons. The molecule has 278 valence electrons. The van der Waals surface area contributed by atoms with Gasteiger partial charge in [0.2, 0.25) is 0 Å². The summed E-state index contributed by atoms with van der Waals surface area (Å²) in [6, 6.07) is 50.8. The van der Waals surface area contributed by atoms with E-state index >= 15 is 0 Å². The fourth-order valence-corrected chi connectivity index (χ4v) is 9.99. The van der Waals surface area contributed by atoms with Gasteiger partial charge in [0.1, 0.15) is 16.7 Å². The molecule has 6 nitrogen and oxygen atoms in total. The number of hydrogen-bond acceptors (Lipinski definition) is 6. The number of nitrogens with zero attached hydrogens (tertiary/aromatic N) is 4. The Hall–Kier alpha value is -7.57. The average molecular weight is 759 g/mol. The van der Waals surface area contributed by atoms with Crippen molar-refractivity contribution in [2.45, 2.75) is 12.5 Å². The van der Waals surface area contributed by atoms with Gasteiger partial charge in [-0.3, -0.25) is 0 Å². The molecule has 10 aromatic rings. The standard InChI is InChI=1S/C53H34N4O2/c1-2-13-32-28-35(25-24-31(32)12-1)51-54-52(39-19-11-23-47-48(39)37-17-6-9-21-45(37)58-47)56-53(55-51)40-26-27-43(50-49(40)38-18-7-10-22-46(38)59-50)57-42-20-8-5-16-36(42)41-29-33-14-3-4-15-34(33)30-44(41)57/h1-28,30,36,41-42H,29H2. The van der Waals surface area contributed by atoms with Crippen LogP contribution in [0.15, 0.2) is 184 Å². The number of hydrogen-bond donors (Lipinski definition) is 0. The largest absolute Gasteiger partial charge is 0.456 e. The maximum Gasteiger partial charge on any atom is 0.164 e. The monoisotopic (exact) mass is 758 g/mol. The molecule has 0 N–H and O–H groups in total. The van der Waals surface area contributed by atoms with Gasteiger partial charge >= 0.3 is 0 Å². The Morgan fingerprint density at radius 3 is 2.12 bits per heavy atom. The Labute approximate surface area is 339 Å². The van der Waals surface area contributed by atoms with Crippen molar-refractivity contribution in [3.8, 4) is 34.2 Å². The molecule has 3 atom stereocenters. The summed E-state index contributed by atoms with van der Waals surface area (Å²) >= 11 is 0. The van der Waals surface area contributed by atoms with Gasteiger partial charge in [0.15, 0.2) is 23.1 Å². The number of furan rings is 2. The Kier molecular flexibility index (Phi) is 6.87. The van der Waals surface area contributed by atoms with Crippen LogP contribution in [0.4, 0.5) is 5.69 Å². The van der Waals surface area contributed by atoms with Gasteiger partial charge in [-0.15, -0.1) is 0 Å². The second-order valence-electron chi connectivity index (χ2n) is 15.9. The molecule has 0 spiro atoms. The minimum Gasteiger partial charge on any atom is -0.456 e. The number of aromatic nitrogens is 3. The van der Waals surface area contributed by atoms with Crippen LogP contribution in [0.3, 0.4) is 0 Å². The molecule has 0 saturated carbocycles. The lowest BCUT2D eigenvalue weighted by atomic mass is 9.79. The van der Waals surface area contributed by atoms with Gasteiger partial charge in [-0.2, -0.15) is 0 Å². The molecule has 0 bridgehead atoms. The lowest BCUT2D eigenvalue weighted by Gasteiger charge is -2.29. The number of allylic oxidation sites excluding steroid dienone is 3. The molecular formula is C53H34N4O2. The summed E-state index contributed by atoms with van der Waals surface area (Å²) in [5.74, 6) is 2.45. The lowest BCUT2D eigenvalue weighted by Crippen LogP contribution is -2.30. The van der Waals surface area contributed by atoms with Gasteiger partial charge in [-0.05, 0) is 70.8 Å². The first-order chi connectivity index (χ1) is 29.2. The fraction of sp³-hybridized carbons (Fsp3) is 0.0755. The number of rotatable bonds is 4. The van der Waals surface area contributed by atoms with Gasteiger partial charge in [0, 0.05) is 55.8 Å². The minimum atomic E-state index is 0.154. The van der Waals surface area contributed by atoms with Crippen LogP contribution in [0.5, 0.6) is 0 Å². The van der Waals surface area contributed by atoms with Crippen molar-refractivity contribution in [2.24, 2.45) is 11.8 Å². The van der Waals surface area contributed by atoms with Gasteiger partial charge in [-0.25, -0.2) is 15.0 Å². The third-order valence-corrected chi connectivity index (χ3v) is 12.7. The van der Waals surface area contributed by atoms with E-state index in [4.69, 9.17) is 23.8 Å². The number of benzene rings is 7. The summed E-state index contributed by atoms with van der Waals surface area (Å²) in [6.45, 7) is 0. The molecule has 3 aromatic heterocycles. The molecule has 1 saturated heterocycles. The Morgan fingerprint density at radius 1 is 0.542 bits per heavy atom. The third kappa shape index (κ3) is 4.90. The average Bonchev–Trinajstić information content (AvgIpc) is 3.98. The third-order valence-electron chi connectivity index (χ3n) is 12.7. The zero-order chi connectivity index (χ0) is 38.6. The highest BCUT2D eigenvalue weighted by Gasteiger charge is 2.46. The number of fused-ring (bicyclic) bond motifs is 11. The van der Waals surface area contributed by atoms with Gasteiger partial charge in [0.25, 0.3) is 0 Å². The van der Waals surface area contributed by atoms with Crippen molar-refractivity contribution in [3.05, 3.63) is 187 Å². The van der Waals surface area contributed by atoms with E-state index in [0.29, 0.717) is 29.3 Å². The molecule has 4 heterocycles. The maximum absolute atomic E-state index is 6.97. The van der Waals surface area contributed by atoms with Crippen molar-refractivity contribution in [1.29, 1.82) is 0 Å². The maximum atomic E-state index is 6.97. The number of anilines is 1. The van der Waals surface area contributed by atoms with Crippen LogP contribution in [0.1, 0.15) is 11.1 Å². The highest BCUT2D eigenvalue weighted by molar-refractivity contribution is 6.16. The molecule has 3 aliphatic rings. The summed E-state index contributed by atoms with van der Waals surface area (Å²) in [6.07, 6.45) is 12.6. The molecule has 7 aromatic carbocycles. The second kappa shape index (κ2) is 12.5. The van der Waals surface area contributed by atoms with Gasteiger partial charge in [0.05, 0.1) is 11.7 Å². The molecule has 3 unspecified atom stereocenters. The smallest absolute Gasteiger partial charge is 0.164 e. The van der Waals surface area contributed by atoms with Crippen molar-refractivity contribution in [2.75, 3.05) is 4.90 Å². The Morgan fingerprint density at radius 2 is 1.24 bits per heavy atom. The van der Waals surface area contributed by atoms with Gasteiger partial charge in [-0.1, -0.05) is 133 Å². The minimum absolute atomic E-state index is 0.154. The molecule has 0 amide bonds. The van der Waals surface area contributed by atoms with Crippen LogP contribution >= 0.6 is 0 Å². The van der Waals surface area contributed by atoms with Gasteiger partial charge < -0.3 is 13.7 Å². The quantitative estimate of drug-likeness (QED) is 0.178. The van der Waals surface area contributed by atoms with E-state index in [2.05, 4.69) is 144 Å². The first kappa shape index (κ1) is 32.5. The van der Waals surface area contributed by atoms with Crippen LogP contribution < -0.4 is 4.90 Å². The zero-order valence-corrected chi connectivity index (χ0v) is 31.8. The van der Waals surface area contributed by atoms with E-state index in [-0.39, 0.29) is 6.04 Å². The fourth-order valence-electron chi connectivity index (χ4n) is 9.99. The van der Waals surface area contributed by atoms with E-state index in [1.165, 1.54) is 16.8 Å². The van der Waals surface area contributed by atoms with Crippen molar-refractivity contribution < 1.29 is 8.83 Å². The molecule has 6 heteroatoms. The van der Waals surface area contributed by atoms with Crippen LogP contribution in [-0.4, -0.2) is 21.0 Å². The summed E-state index contributed by atoms with van der Waals surface area (Å²) in [4.78, 5) is 18.5.